The van der Waals surface area contributed by atoms with Crippen molar-refractivity contribution >= 4 is 60.9 Å². The number of aromatic hydroxyl groups is 1. The van der Waals surface area contributed by atoms with E-state index in [0.29, 0.717) is 23.2 Å². The van der Waals surface area contributed by atoms with Gasteiger partial charge < -0.3 is 26.2 Å². The molecule has 0 spiro atoms. The number of carbonyl (C=O) groups excluding carboxylic acids is 1. The molecule has 1 heterocycles. The second-order valence-corrected chi connectivity index (χ2v) is 9.92. The van der Waals surface area contributed by atoms with Gasteiger partial charge in [-0.1, -0.05) is 23.7 Å². The fourth-order valence-corrected chi connectivity index (χ4v) is 5.16. The maximum Gasteiger partial charge on any atom is 0.490 e. The van der Waals surface area contributed by atoms with Gasteiger partial charge in [-0.3, -0.25) is 0 Å². The zero-order chi connectivity index (χ0) is 26.4. The van der Waals surface area contributed by atoms with Gasteiger partial charge in [0, 0.05) is 30.7 Å². The molecule has 1 aliphatic rings. The Hall–Kier alpha value is -2.59. The fraction of sp³-hybridized carbons (Fsp3) is 0.263. The Labute approximate surface area is 211 Å². The van der Waals surface area contributed by atoms with Gasteiger partial charge >= 0.3 is 18.2 Å². The van der Waals surface area contributed by atoms with Gasteiger partial charge in [-0.05, 0) is 40.2 Å². The number of halogens is 5. The Morgan fingerprint density at radius 3 is 2.14 bits per heavy atom. The molecular formula is C19H19BrClF3N4O6S. The molecule has 3 rings (SSSR count). The highest BCUT2D eigenvalue weighted by atomic mass is 79.9. The zero-order valence-electron chi connectivity index (χ0n) is 17.6. The smallest absolute Gasteiger partial charge is 0.490 e. The minimum Gasteiger partial charge on any atom is -0.504 e. The number of sulfonamides is 1. The molecule has 0 atom stereocenters. The lowest BCUT2D eigenvalue weighted by molar-refractivity contribution is -0.192. The minimum absolute atomic E-state index is 0.0670. The number of nitrogens with one attached hydrogen (secondary N) is 3. The van der Waals surface area contributed by atoms with Crippen LogP contribution in [0.5, 0.6) is 5.75 Å². The van der Waals surface area contributed by atoms with Gasteiger partial charge in [-0.25, -0.2) is 18.0 Å². The summed E-state index contributed by atoms with van der Waals surface area (Å²) in [6.07, 6.45) is -5.08. The van der Waals surface area contributed by atoms with Crippen molar-refractivity contribution in [2.24, 2.45) is 0 Å². The van der Waals surface area contributed by atoms with E-state index in [0.717, 1.165) is 0 Å². The first kappa shape index (κ1) is 28.6. The number of hydrogen-bond donors (Lipinski definition) is 5. The van der Waals surface area contributed by atoms with Gasteiger partial charge in [0.1, 0.15) is 4.90 Å². The van der Waals surface area contributed by atoms with E-state index in [-0.39, 0.29) is 23.8 Å². The average molecular weight is 604 g/mol. The quantitative estimate of drug-likeness (QED) is 0.335. The van der Waals surface area contributed by atoms with E-state index in [1.165, 1.54) is 16.4 Å². The van der Waals surface area contributed by atoms with Crippen LogP contribution in [-0.2, 0) is 14.8 Å². The molecule has 0 unspecified atom stereocenters. The Morgan fingerprint density at radius 1 is 1.06 bits per heavy atom. The molecule has 35 heavy (non-hydrogen) atoms. The number of alkyl halides is 3. The molecule has 192 valence electrons. The highest BCUT2D eigenvalue weighted by Crippen LogP contribution is 2.38. The highest BCUT2D eigenvalue weighted by molar-refractivity contribution is 9.10. The number of aliphatic carboxylic acids is 1. The predicted molar refractivity (Wildman–Crippen MR) is 125 cm³/mol. The number of carboxylic acid groups (broad SMARTS) is 1. The van der Waals surface area contributed by atoms with Gasteiger partial charge in [-0.2, -0.15) is 17.5 Å². The lowest BCUT2D eigenvalue weighted by Crippen LogP contribution is -2.46. The van der Waals surface area contributed by atoms with Crippen molar-refractivity contribution in [1.29, 1.82) is 0 Å². The van der Waals surface area contributed by atoms with Crippen LogP contribution in [0.25, 0.3) is 0 Å². The number of rotatable bonds is 4. The van der Waals surface area contributed by atoms with Gasteiger partial charge in [0.2, 0.25) is 10.0 Å². The monoisotopic (exact) mass is 602 g/mol. The van der Waals surface area contributed by atoms with Crippen LogP contribution in [0.3, 0.4) is 0 Å². The number of benzene rings is 2. The van der Waals surface area contributed by atoms with Crippen molar-refractivity contribution in [1.82, 2.24) is 9.62 Å². The van der Waals surface area contributed by atoms with E-state index in [1.54, 1.807) is 24.3 Å². The maximum absolute atomic E-state index is 12.9. The summed E-state index contributed by atoms with van der Waals surface area (Å²) < 4.78 is 59.5. The number of hydrogen-bond acceptors (Lipinski definition) is 6. The van der Waals surface area contributed by atoms with E-state index in [4.69, 9.17) is 21.5 Å². The first-order valence-electron chi connectivity index (χ1n) is 9.60. The summed E-state index contributed by atoms with van der Waals surface area (Å²) in [4.78, 5) is 20.8. The number of phenols is 1. The third kappa shape index (κ3) is 7.70. The van der Waals surface area contributed by atoms with E-state index in [2.05, 4.69) is 31.9 Å². The van der Waals surface area contributed by atoms with Crippen molar-refractivity contribution < 1.29 is 41.4 Å². The van der Waals surface area contributed by atoms with E-state index in [1.807, 2.05) is 0 Å². The van der Waals surface area contributed by atoms with Crippen molar-refractivity contribution in [3.63, 3.8) is 0 Å². The topological polar surface area (TPSA) is 148 Å². The van der Waals surface area contributed by atoms with E-state index in [9.17, 15) is 31.5 Å². The minimum atomic E-state index is -5.08. The Morgan fingerprint density at radius 2 is 1.60 bits per heavy atom. The average Bonchev–Trinajstić information content (AvgIpc) is 2.78. The molecule has 1 aliphatic heterocycles. The summed E-state index contributed by atoms with van der Waals surface area (Å²) in [6, 6.07) is 9.01. The number of nitrogens with zero attached hydrogens (tertiary/aromatic N) is 1. The molecule has 16 heteroatoms. The summed E-state index contributed by atoms with van der Waals surface area (Å²) in [5.41, 5.74) is 0.449. The van der Waals surface area contributed by atoms with Crippen LogP contribution in [0.15, 0.2) is 45.8 Å². The summed E-state index contributed by atoms with van der Waals surface area (Å²) >= 11 is 9.39. The molecule has 5 N–H and O–H groups in total. The molecule has 1 saturated heterocycles. The molecule has 2 aromatic carbocycles. The summed E-state index contributed by atoms with van der Waals surface area (Å²) in [5.74, 6) is -3.36. The number of piperazine rings is 1. The Balaban J connectivity index is 0.000000540. The molecule has 10 nitrogen and oxygen atoms in total. The van der Waals surface area contributed by atoms with Crippen LogP contribution in [0.2, 0.25) is 5.02 Å². The van der Waals surface area contributed by atoms with Gasteiger partial charge in [-0.15, -0.1) is 0 Å². The molecule has 2 aromatic rings. The van der Waals surface area contributed by atoms with Gasteiger partial charge in [0.15, 0.2) is 5.75 Å². The summed E-state index contributed by atoms with van der Waals surface area (Å²) in [5, 5.41) is 25.7. The van der Waals surface area contributed by atoms with Crippen LogP contribution < -0.4 is 16.0 Å². The summed E-state index contributed by atoms with van der Waals surface area (Å²) in [6.45, 7) is 1.53. The van der Waals surface area contributed by atoms with Crippen LogP contribution in [0.4, 0.5) is 29.3 Å². The SMILES string of the molecule is O=C(Nc1ccccc1Br)Nc1ccc(Cl)c(S(=O)(=O)N2CCNCC2)c1O.O=C(O)C(F)(F)F. The molecule has 0 saturated carbocycles. The number of amides is 2. The first-order valence-corrected chi connectivity index (χ1v) is 12.2. The normalized spacial score (nSPS) is 14.4. The molecule has 0 radical (unpaired) electrons. The van der Waals surface area contributed by atoms with Crippen LogP contribution in [-0.4, -0.2) is 67.3 Å². The number of urea groups is 1. The van der Waals surface area contributed by atoms with Crippen LogP contribution in [0.1, 0.15) is 0 Å². The molecule has 2 amide bonds. The van der Waals surface area contributed by atoms with Crippen molar-refractivity contribution in [3.05, 3.63) is 45.9 Å². The van der Waals surface area contributed by atoms with Crippen molar-refractivity contribution in [2.75, 3.05) is 36.8 Å². The second kappa shape index (κ2) is 11.9. The largest absolute Gasteiger partial charge is 0.504 e. The molecule has 0 aliphatic carbocycles. The highest BCUT2D eigenvalue weighted by Gasteiger charge is 2.38. The number of carbonyl (C=O) groups is 2. The Bertz CT molecular complexity index is 1190. The molecule has 0 bridgehead atoms. The van der Waals surface area contributed by atoms with E-state index >= 15 is 0 Å². The first-order chi connectivity index (χ1) is 16.2. The molecular weight excluding hydrogens is 585 g/mol. The number of phenolic OH excluding ortho intramolecular Hbond substituents is 1. The van der Waals surface area contributed by atoms with Gasteiger partial charge in [0.25, 0.3) is 0 Å². The van der Waals surface area contributed by atoms with E-state index < -0.39 is 38.8 Å². The predicted octanol–water partition coefficient (Wildman–Crippen LogP) is 3.68. The lowest BCUT2D eigenvalue weighted by atomic mass is 10.3. The lowest BCUT2D eigenvalue weighted by Gasteiger charge is -2.27. The number of anilines is 2. The van der Waals surface area contributed by atoms with Crippen LogP contribution in [0, 0.1) is 0 Å². The standard InChI is InChI=1S/C17H18BrClN4O4S.C2HF3O2/c18-11-3-1-2-4-13(11)21-17(25)22-14-6-5-12(19)16(15(14)24)28(26,27)23-9-7-20-8-10-23;3-2(4,5)1(6)7/h1-6,20,24H,7-10H2,(H2,21,22,25);(H,6,7). The van der Waals surface area contributed by atoms with Crippen molar-refractivity contribution in [2.45, 2.75) is 11.1 Å². The zero-order valence-corrected chi connectivity index (χ0v) is 20.7. The van der Waals surface area contributed by atoms with Crippen LogP contribution >= 0.6 is 27.5 Å². The van der Waals surface area contributed by atoms with Crippen molar-refractivity contribution in [3.8, 4) is 5.75 Å². The van der Waals surface area contributed by atoms with Gasteiger partial charge in [0.05, 0.1) is 16.4 Å². The molecule has 0 aromatic heterocycles. The molecule has 1 fully saturated rings. The second-order valence-electron chi connectivity index (χ2n) is 6.79. The third-order valence-corrected chi connectivity index (χ3v) is 7.46. The number of carboxylic acids is 1. The third-order valence-electron chi connectivity index (χ3n) is 4.37. The number of para-hydroxylation sites is 1. The summed E-state index contributed by atoms with van der Waals surface area (Å²) in [7, 11) is -4.02. The fourth-order valence-electron chi connectivity index (χ4n) is 2.75. The maximum atomic E-state index is 12.9. The Kier molecular flexibility index (Phi) is 9.74.